The maximum Gasteiger partial charge on any atom is 0.0567 e. The molecular weight excluding hydrogens is 350 g/mol. The van der Waals surface area contributed by atoms with Gasteiger partial charge in [-0.05, 0) is 30.9 Å². The highest BCUT2D eigenvalue weighted by molar-refractivity contribution is 6.42. The lowest BCUT2D eigenvalue weighted by Crippen LogP contribution is -1.96. The zero-order chi connectivity index (χ0) is 19.2. The van der Waals surface area contributed by atoms with Crippen molar-refractivity contribution in [2.24, 2.45) is 0 Å². The number of rotatable bonds is 9. The Kier molecular flexibility index (Phi) is 7.01. The van der Waals surface area contributed by atoms with E-state index < -0.39 is 0 Å². The van der Waals surface area contributed by atoms with Gasteiger partial charge in [-0.3, -0.25) is 0 Å². The van der Waals surface area contributed by atoms with Crippen LogP contribution in [-0.2, 0) is 6.42 Å². The molecule has 0 radical (unpaired) electrons. The average molecular weight is 382 g/mol. The first-order valence-corrected chi connectivity index (χ1v) is 10.9. The quantitative estimate of drug-likeness (QED) is 0.225. The molecule has 0 saturated carbocycles. The minimum Gasteiger partial charge on any atom is -0.398 e. The number of halogens is 1. The van der Waals surface area contributed by atoms with Gasteiger partial charge in [0, 0.05) is 27.2 Å². The second-order valence-corrected chi connectivity index (χ2v) is 8.15. The first-order valence-electron chi connectivity index (χ1n) is 10.5. The zero-order valence-corrected chi connectivity index (χ0v) is 17.5. The van der Waals surface area contributed by atoms with Crippen LogP contribution in [0.3, 0.4) is 0 Å². The number of nitrogens with two attached hydrogens (primary N) is 1. The molecule has 0 aliphatic carbocycles. The van der Waals surface area contributed by atoms with E-state index in [1.807, 2.05) is 12.1 Å². The van der Waals surface area contributed by atoms with Crippen molar-refractivity contribution in [3.63, 3.8) is 0 Å². The predicted molar refractivity (Wildman–Crippen MR) is 122 cm³/mol. The van der Waals surface area contributed by atoms with Crippen LogP contribution >= 0.6 is 11.6 Å². The van der Waals surface area contributed by atoms with Crippen LogP contribution in [-0.4, -0.2) is 0 Å². The van der Waals surface area contributed by atoms with Gasteiger partial charge in [0.05, 0.1) is 5.02 Å². The SMILES string of the molecule is CCCCCCCCCCc1ccc2c(N)c3ccccc3c(Cl)c2c1C. The van der Waals surface area contributed by atoms with Crippen molar-refractivity contribution in [1.29, 1.82) is 0 Å². The normalized spacial score (nSPS) is 11.5. The Labute approximate surface area is 168 Å². The second-order valence-electron chi connectivity index (χ2n) is 7.77. The van der Waals surface area contributed by atoms with E-state index in [0.717, 1.165) is 38.7 Å². The van der Waals surface area contributed by atoms with Crippen molar-refractivity contribution >= 4 is 38.8 Å². The molecule has 0 aromatic heterocycles. The molecule has 144 valence electrons. The first-order chi connectivity index (χ1) is 13.1. The molecule has 0 amide bonds. The fraction of sp³-hybridized carbons (Fsp3) is 0.440. The van der Waals surface area contributed by atoms with Gasteiger partial charge in [0.1, 0.15) is 0 Å². The van der Waals surface area contributed by atoms with Crippen molar-refractivity contribution in [2.75, 3.05) is 5.73 Å². The van der Waals surface area contributed by atoms with Gasteiger partial charge < -0.3 is 5.73 Å². The standard InChI is InChI=1S/C25H32ClN/c1-3-4-5-6-7-8-9-10-13-19-16-17-22-23(18(19)2)24(26)20-14-11-12-15-21(20)25(22)27/h11-12,14-17H,3-10,13,27H2,1-2H3. The Hall–Kier alpha value is -1.73. The van der Waals surface area contributed by atoms with Gasteiger partial charge in [0.2, 0.25) is 0 Å². The Balaban J connectivity index is 1.74. The minimum absolute atomic E-state index is 0.838. The maximum absolute atomic E-state index is 6.81. The first kappa shape index (κ1) is 20.0. The number of anilines is 1. The Morgan fingerprint density at radius 1 is 0.778 bits per heavy atom. The van der Waals surface area contributed by atoms with Gasteiger partial charge in [-0.15, -0.1) is 0 Å². The molecule has 0 aliphatic rings. The van der Waals surface area contributed by atoms with Gasteiger partial charge in [-0.1, -0.05) is 99.9 Å². The molecule has 0 atom stereocenters. The summed E-state index contributed by atoms with van der Waals surface area (Å²) in [5.74, 6) is 0. The Morgan fingerprint density at radius 3 is 2.11 bits per heavy atom. The molecule has 0 saturated heterocycles. The highest BCUT2D eigenvalue weighted by atomic mass is 35.5. The molecule has 0 aliphatic heterocycles. The van der Waals surface area contributed by atoms with Crippen molar-refractivity contribution in [3.8, 4) is 0 Å². The molecule has 2 heteroatoms. The van der Waals surface area contributed by atoms with Crippen molar-refractivity contribution in [1.82, 2.24) is 0 Å². The van der Waals surface area contributed by atoms with Gasteiger partial charge in [0.15, 0.2) is 0 Å². The van der Waals surface area contributed by atoms with E-state index in [4.69, 9.17) is 17.3 Å². The van der Waals surface area contributed by atoms with Crippen LogP contribution in [0.1, 0.15) is 69.4 Å². The molecule has 27 heavy (non-hydrogen) atoms. The maximum atomic E-state index is 6.81. The lowest BCUT2D eigenvalue weighted by Gasteiger charge is -2.15. The van der Waals surface area contributed by atoms with E-state index in [0.29, 0.717) is 0 Å². The summed E-state index contributed by atoms with van der Waals surface area (Å²) in [5, 5.41) is 5.15. The Bertz CT molecular complexity index is 913. The lowest BCUT2D eigenvalue weighted by molar-refractivity contribution is 0.575. The molecule has 3 aromatic rings. The van der Waals surface area contributed by atoms with Gasteiger partial charge >= 0.3 is 0 Å². The number of hydrogen-bond acceptors (Lipinski definition) is 1. The summed E-state index contributed by atoms with van der Waals surface area (Å²) in [5.41, 5.74) is 10.0. The van der Waals surface area contributed by atoms with E-state index in [9.17, 15) is 0 Å². The van der Waals surface area contributed by atoms with E-state index in [2.05, 4.69) is 38.1 Å². The lowest BCUT2D eigenvalue weighted by atomic mass is 9.93. The van der Waals surface area contributed by atoms with E-state index in [1.165, 1.54) is 62.5 Å². The molecule has 0 heterocycles. The number of unbranched alkanes of at least 4 members (excludes halogenated alkanes) is 7. The zero-order valence-electron chi connectivity index (χ0n) is 16.8. The number of nitrogen functional groups attached to an aromatic ring is 1. The van der Waals surface area contributed by atoms with E-state index in [1.54, 1.807) is 0 Å². The summed E-state index contributed by atoms with van der Waals surface area (Å²) in [6.45, 7) is 4.47. The molecule has 2 N–H and O–H groups in total. The summed E-state index contributed by atoms with van der Waals surface area (Å²) >= 11 is 6.81. The molecule has 0 fully saturated rings. The molecule has 0 spiro atoms. The predicted octanol–water partition coefficient (Wildman–Crippen LogP) is 8.22. The fourth-order valence-electron chi connectivity index (χ4n) is 4.17. The summed E-state index contributed by atoms with van der Waals surface area (Å²) in [6.07, 6.45) is 11.9. The molecule has 1 nitrogen and oxygen atoms in total. The van der Waals surface area contributed by atoms with Crippen LogP contribution in [0, 0.1) is 6.92 Å². The molecule has 3 rings (SSSR count). The molecule has 3 aromatic carbocycles. The van der Waals surface area contributed by atoms with Crippen LogP contribution in [0.4, 0.5) is 5.69 Å². The number of benzene rings is 3. The number of fused-ring (bicyclic) bond motifs is 2. The van der Waals surface area contributed by atoms with Crippen molar-refractivity contribution < 1.29 is 0 Å². The van der Waals surface area contributed by atoms with Crippen LogP contribution in [0.15, 0.2) is 36.4 Å². The van der Waals surface area contributed by atoms with E-state index in [-0.39, 0.29) is 0 Å². The third-order valence-electron chi connectivity index (χ3n) is 5.84. The Morgan fingerprint density at radius 2 is 1.41 bits per heavy atom. The highest BCUT2D eigenvalue weighted by Crippen LogP contribution is 2.40. The van der Waals surface area contributed by atoms with Crippen LogP contribution in [0.5, 0.6) is 0 Å². The van der Waals surface area contributed by atoms with Gasteiger partial charge in [0.25, 0.3) is 0 Å². The third kappa shape index (κ3) is 4.41. The van der Waals surface area contributed by atoms with Gasteiger partial charge in [-0.2, -0.15) is 0 Å². The van der Waals surface area contributed by atoms with Crippen LogP contribution in [0.2, 0.25) is 5.02 Å². The summed E-state index contributed by atoms with van der Waals surface area (Å²) < 4.78 is 0. The molecule has 0 bridgehead atoms. The monoisotopic (exact) mass is 381 g/mol. The number of hydrogen-bond donors (Lipinski definition) is 1. The summed E-state index contributed by atoms with van der Waals surface area (Å²) in [6, 6.07) is 12.6. The molecular formula is C25H32ClN. The van der Waals surface area contributed by atoms with Crippen molar-refractivity contribution in [2.45, 2.75) is 71.6 Å². The van der Waals surface area contributed by atoms with E-state index >= 15 is 0 Å². The smallest absolute Gasteiger partial charge is 0.0567 e. The van der Waals surface area contributed by atoms with Gasteiger partial charge in [-0.25, -0.2) is 0 Å². The highest BCUT2D eigenvalue weighted by Gasteiger charge is 2.14. The topological polar surface area (TPSA) is 26.0 Å². The molecule has 0 unspecified atom stereocenters. The third-order valence-corrected chi connectivity index (χ3v) is 6.23. The minimum atomic E-state index is 0.838. The fourth-order valence-corrected chi connectivity index (χ4v) is 4.58. The van der Waals surface area contributed by atoms with Crippen LogP contribution in [0.25, 0.3) is 21.5 Å². The van der Waals surface area contributed by atoms with Crippen LogP contribution < -0.4 is 5.73 Å². The van der Waals surface area contributed by atoms with Crippen molar-refractivity contribution in [3.05, 3.63) is 52.5 Å². The summed E-state index contributed by atoms with van der Waals surface area (Å²) in [7, 11) is 0. The summed E-state index contributed by atoms with van der Waals surface area (Å²) in [4.78, 5) is 0. The average Bonchev–Trinajstić information content (AvgIpc) is 2.69. The second kappa shape index (κ2) is 9.46. The largest absolute Gasteiger partial charge is 0.398 e. The number of aryl methyl sites for hydroxylation is 2.